The number of hydrogen-bond donors (Lipinski definition) is 0. The summed E-state index contributed by atoms with van der Waals surface area (Å²) in [5.41, 5.74) is 20.3. The third-order valence-corrected chi connectivity index (χ3v) is 8.60. The summed E-state index contributed by atoms with van der Waals surface area (Å²) in [6.45, 7) is 13.2. The van der Waals surface area contributed by atoms with Gasteiger partial charge in [-0.1, -0.05) is 119 Å². The molecule has 0 aliphatic carbocycles. The fourth-order valence-corrected chi connectivity index (χ4v) is 5.88. The summed E-state index contributed by atoms with van der Waals surface area (Å²) in [6.07, 6.45) is 0. The van der Waals surface area contributed by atoms with Crippen molar-refractivity contribution in [3.63, 3.8) is 0 Å². The van der Waals surface area contributed by atoms with Crippen molar-refractivity contribution in [3.8, 4) is 55.6 Å². The molecule has 0 N–H and O–H groups in total. The van der Waals surface area contributed by atoms with Crippen molar-refractivity contribution in [2.45, 2.75) is 41.5 Å². The monoisotopic (exact) mass is 542 g/mol. The Morgan fingerprint density at radius 2 is 0.476 bits per heavy atom. The summed E-state index contributed by atoms with van der Waals surface area (Å²) in [4.78, 5) is 0. The van der Waals surface area contributed by atoms with Gasteiger partial charge in [0.25, 0.3) is 0 Å². The second kappa shape index (κ2) is 11.3. The molecule has 0 heteroatoms. The highest BCUT2D eigenvalue weighted by Gasteiger charge is 2.18. The highest BCUT2D eigenvalue weighted by atomic mass is 14.2. The first-order chi connectivity index (χ1) is 20.3. The van der Waals surface area contributed by atoms with E-state index in [1.165, 1.54) is 89.0 Å². The molecule has 0 radical (unpaired) electrons. The standard InChI is InChI=1S/C42H38/c1-27-7-15-33(16-8-27)37-23-39(35-19-11-29(3)12-20-35)31(5)41(25-37)42-26-38(34-17-9-28(2)10-18-34)24-40(32(42)6)36-21-13-30(4)14-22-36/h7-26H,1-6H3. The van der Waals surface area contributed by atoms with Crippen molar-refractivity contribution in [1.82, 2.24) is 0 Å². The molecule has 0 aliphatic rings. The van der Waals surface area contributed by atoms with Crippen molar-refractivity contribution in [3.05, 3.63) is 155 Å². The Morgan fingerprint density at radius 3 is 0.762 bits per heavy atom. The van der Waals surface area contributed by atoms with E-state index in [4.69, 9.17) is 0 Å². The van der Waals surface area contributed by atoms with E-state index in [1.54, 1.807) is 0 Å². The van der Waals surface area contributed by atoms with Gasteiger partial charge in [-0.25, -0.2) is 0 Å². The van der Waals surface area contributed by atoms with E-state index in [0.717, 1.165) is 0 Å². The van der Waals surface area contributed by atoms with Gasteiger partial charge < -0.3 is 0 Å². The average Bonchev–Trinajstić information content (AvgIpc) is 2.99. The molecule has 0 spiro atoms. The smallest absolute Gasteiger partial charge is 0.0139 e. The normalized spacial score (nSPS) is 11.1. The van der Waals surface area contributed by atoms with Crippen LogP contribution in [0.5, 0.6) is 0 Å². The second-order valence-electron chi connectivity index (χ2n) is 11.9. The van der Waals surface area contributed by atoms with E-state index >= 15 is 0 Å². The Kier molecular flexibility index (Phi) is 7.40. The van der Waals surface area contributed by atoms with E-state index in [9.17, 15) is 0 Å². The molecule has 0 fully saturated rings. The highest BCUT2D eigenvalue weighted by Crippen LogP contribution is 2.42. The fraction of sp³-hybridized carbons (Fsp3) is 0.143. The Balaban J connectivity index is 1.65. The van der Waals surface area contributed by atoms with Gasteiger partial charge in [0.15, 0.2) is 0 Å². The van der Waals surface area contributed by atoms with Crippen LogP contribution in [0.2, 0.25) is 0 Å². The van der Waals surface area contributed by atoms with E-state index in [0.29, 0.717) is 0 Å². The van der Waals surface area contributed by atoms with E-state index in [1.807, 2.05) is 0 Å². The van der Waals surface area contributed by atoms with Gasteiger partial charge in [-0.15, -0.1) is 0 Å². The van der Waals surface area contributed by atoms with Gasteiger partial charge in [-0.05, 0) is 133 Å². The maximum atomic E-state index is 2.40. The van der Waals surface area contributed by atoms with Crippen molar-refractivity contribution in [1.29, 1.82) is 0 Å². The molecule has 0 heterocycles. The summed E-state index contributed by atoms with van der Waals surface area (Å²) in [5, 5.41) is 0. The molecule has 42 heavy (non-hydrogen) atoms. The molecular formula is C42H38. The summed E-state index contributed by atoms with van der Waals surface area (Å²) in [5.74, 6) is 0. The fourth-order valence-electron chi connectivity index (χ4n) is 5.88. The average molecular weight is 543 g/mol. The molecule has 0 atom stereocenters. The van der Waals surface area contributed by atoms with Gasteiger partial charge in [-0.3, -0.25) is 0 Å². The summed E-state index contributed by atoms with van der Waals surface area (Å²) in [7, 11) is 0. The zero-order chi connectivity index (χ0) is 29.4. The summed E-state index contributed by atoms with van der Waals surface area (Å²) in [6, 6.07) is 45.2. The van der Waals surface area contributed by atoms with Crippen LogP contribution in [0.15, 0.2) is 121 Å². The molecule has 0 unspecified atom stereocenters. The molecule has 6 aromatic carbocycles. The van der Waals surface area contributed by atoms with Crippen molar-refractivity contribution >= 4 is 0 Å². The molecule has 0 aromatic heterocycles. The number of rotatable bonds is 5. The molecular weight excluding hydrogens is 504 g/mol. The first kappa shape index (κ1) is 27.5. The minimum Gasteiger partial charge on any atom is -0.0587 e. The predicted molar refractivity (Wildman–Crippen MR) is 182 cm³/mol. The number of hydrogen-bond acceptors (Lipinski definition) is 0. The molecule has 0 saturated heterocycles. The lowest BCUT2D eigenvalue weighted by Crippen LogP contribution is -1.96. The molecule has 0 bridgehead atoms. The Morgan fingerprint density at radius 1 is 0.238 bits per heavy atom. The maximum Gasteiger partial charge on any atom is -0.0139 e. The van der Waals surface area contributed by atoms with Crippen LogP contribution in [0.3, 0.4) is 0 Å². The van der Waals surface area contributed by atoms with Crippen LogP contribution >= 0.6 is 0 Å². The SMILES string of the molecule is Cc1ccc(-c2cc(-c3ccc(C)cc3)c(C)c(-c3cc(-c4ccc(C)cc4)cc(-c4ccc(C)cc4)c3C)c2)cc1. The van der Waals surface area contributed by atoms with Gasteiger partial charge in [0, 0.05) is 0 Å². The largest absolute Gasteiger partial charge is 0.0587 e. The summed E-state index contributed by atoms with van der Waals surface area (Å²) >= 11 is 0. The van der Waals surface area contributed by atoms with E-state index in [-0.39, 0.29) is 0 Å². The Labute approximate surface area is 251 Å². The lowest BCUT2D eigenvalue weighted by molar-refractivity contribution is 1.38. The first-order valence-electron chi connectivity index (χ1n) is 14.8. The predicted octanol–water partition coefficient (Wildman–Crippen LogP) is 11.9. The number of aryl methyl sites for hydroxylation is 4. The van der Waals surface area contributed by atoms with Crippen LogP contribution in [0.4, 0.5) is 0 Å². The molecule has 0 aliphatic heterocycles. The van der Waals surface area contributed by atoms with E-state index in [2.05, 4.69) is 163 Å². The molecule has 0 nitrogen and oxygen atoms in total. The summed E-state index contributed by atoms with van der Waals surface area (Å²) < 4.78 is 0. The van der Waals surface area contributed by atoms with Crippen molar-refractivity contribution in [2.24, 2.45) is 0 Å². The lowest BCUT2D eigenvalue weighted by Gasteiger charge is -2.20. The van der Waals surface area contributed by atoms with Crippen LogP contribution < -0.4 is 0 Å². The van der Waals surface area contributed by atoms with E-state index < -0.39 is 0 Å². The van der Waals surface area contributed by atoms with Gasteiger partial charge in [0.2, 0.25) is 0 Å². The zero-order valence-corrected chi connectivity index (χ0v) is 25.5. The Bertz CT molecular complexity index is 1720. The van der Waals surface area contributed by atoms with Crippen molar-refractivity contribution in [2.75, 3.05) is 0 Å². The lowest BCUT2D eigenvalue weighted by atomic mass is 9.83. The van der Waals surface area contributed by atoms with Gasteiger partial charge >= 0.3 is 0 Å². The molecule has 0 amide bonds. The Hall–Kier alpha value is -4.68. The van der Waals surface area contributed by atoms with Crippen molar-refractivity contribution < 1.29 is 0 Å². The quantitative estimate of drug-likeness (QED) is 0.203. The van der Waals surface area contributed by atoms with Crippen LogP contribution in [0, 0.1) is 41.5 Å². The molecule has 206 valence electrons. The number of benzene rings is 6. The second-order valence-corrected chi connectivity index (χ2v) is 11.9. The van der Waals surface area contributed by atoms with Crippen LogP contribution in [0.25, 0.3) is 55.6 Å². The molecule has 0 saturated carbocycles. The zero-order valence-electron chi connectivity index (χ0n) is 25.5. The first-order valence-corrected chi connectivity index (χ1v) is 14.8. The van der Waals surface area contributed by atoms with Gasteiger partial charge in [0.05, 0.1) is 0 Å². The molecule has 6 rings (SSSR count). The minimum atomic E-state index is 1.24. The third kappa shape index (κ3) is 5.46. The minimum absolute atomic E-state index is 1.24. The topological polar surface area (TPSA) is 0 Å². The molecule has 6 aromatic rings. The van der Waals surface area contributed by atoms with Gasteiger partial charge in [-0.2, -0.15) is 0 Å². The maximum absolute atomic E-state index is 2.40. The highest BCUT2D eigenvalue weighted by molar-refractivity contribution is 5.90. The van der Waals surface area contributed by atoms with Crippen LogP contribution in [-0.4, -0.2) is 0 Å². The van der Waals surface area contributed by atoms with Crippen LogP contribution in [-0.2, 0) is 0 Å². The van der Waals surface area contributed by atoms with Gasteiger partial charge in [0.1, 0.15) is 0 Å². The third-order valence-electron chi connectivity index (χ3n) is 8.60. The van der Waals surface area contributed by atoms with Crippen LogP contribution in [0.1, 0.15) is 33.4 Å².